The van der Waals surface area contributed by atoms with Crippen LogP contribution in [-0.4, -0.2) is 23.3 Å². The molecule has 1 amide bonds. The minimum Gasteiger partial charge on any atom is -0.355 e. The maximum atomic E-state index is 10.7. The number of rotatable bonds is 4. The lowest BCUT2D eigenvalue weighted by Crippen LogP contribution is -2.26. The van der Waals surface area contributed by atoms with Crippen molar-refractivity contribution in [3.63, 3.8) is 0 Å². The second-order valence-electron chi connectivity index (χ2n) is 2.59. The predicted octanol–water partition coefficient (Wildman–Crippen LogP) is 0.979. The monoisotopic (exact) mass is 198 g/mol. The Morgan fingerprint density at radius 2 is 2.46 bits per heavy atom. The molecule has 4 heteroatoms. The number of amides is 1. The van der Waals surface area contributed by atoms with Gasteiger partial charge in [-0.05, 0) is 18.1 Å². The number of hydrogen-bond donors (Lipinski definition) is 1. The molecule has 0 aromatic carbocycles. The second kappa shape index (κ2) is 5.54. The summed E-state index contributed by atoms with van der Waals surface area (Å²) in [5.74, 6) is -0.113. The van der Waals surface area contributed by atoms with Gasteiger partial charge in [0.15, 0.2) is 0 Å². The lowest BCUT2D eigenvalue weighted by Gasteiger charge is -2.01. The molecule has 0 radical (unpaired) electrons. The van der Waals surface area contributed by atoms with Crippen LogP contribution in [0.1, 0.15) is 5.56 Å². The third-order valence-electron chi connectivity index (χ3n) is 1.58. The van der Waals surface area contributed by atoms with Crippen LogP contribution in [0.2, 0.25) is 0 Å². The van der Waals surface area contributed by atoms with Crippen LogP contribution in [0.4, 0.5) is 0 Å². The van der Waals surface area contributed by atoms with E-state index < -0.39 is 0 Å². The molecule has 0 saturated heterocycles. The van der Waals surface area contributed by atoms with Crippen molar-refractivity contribution in [1.29, 1.82) is 0 Å². The number of nitrogens with zero attached hydrogens (tertiary/aromatic N) is 1. The van der Waals surface area contributed by atoms with E-state index in [0.717, 1.165) is 12.0 Å². The van der Waals surface area contributed by atoms with E-state index in [2.05, 4.69) is 10.3 Å². The Kier molecular flexibility index (Phi) is 4.26. The van der Waals surface area contributed by atoms with Crippen molar-refractivity contribution in [3.8, 4) is 0 Å². The fourth-order valence-corrected chi connectivity index (χ4v) is 1.03. The smallest absolute Gasteiger partial charge is 0.234 e. The SMILES string of the molecule is O=C(CCl)NCCc1cccnc1. The Labute approximate surface area is 82.1 Å². The zero-order valence-corrected chi connectivity index (χ0v) is 7.92. The molecule has 0 bridgehead atoms. The van der Waals surface area contributed by atoms with Crippen LogP contribution in [0.15, 0.2) is 24.5 Å². The summed E-state index contributed by atoms with van der Waals surface area (Å²) in [5, 5.41) is 2.68. The van der Waals surface area contributed by atoms with E-state index in [9.17, 15) is 4.79 Å². The van der Waals surface area contributed by atoms with Gasteiger partial charge in [-0.2, -0.15) is 0 Å². The summed E-state index contributed by atoms with van der Waals surface area (Å²) in [6.45, 7) is 0.608. The van der Waals surface area contributed by atoms with Crippen molar-refractivity contribution in [1.82, 2.24) is 10.3 Å². The first kappa shape index (κ1) is 9.99. The Morgan fingerprint density at radius 1 is 1.62 bits per heavy atom. The summed E-state index contributed by atoms with van der Waals surface area (Å²) in [4.78, 5) is 14.7. The number of halogens is 1. The molecular weight excluding hydrogens is 188 g/mol. The van der Waals surface area contributed by atoms with E-state index in [4.69, 9.17) is 11.6 Å². The van der Waals surface area contributed by atoms with Crippen molar-refractivity contribution < 1.29 is 4.79 Å². The van der Waals surface area contributed by atoms with E-state index in [0.29, 0.717) is 6.54 Å². The standard InChI is InChI=1S/C9H11ClN2O/c10-6-9(13)12-5-3-8-2-1-4-11-7-8/h1-2,4,7H,3,5-6H2,(H,12,13). The first-order valence-corrected chi connectivity index (χ1v) is 4.58. The molecule has 0 aliphatic carbocycles. The highest BCUT2D eigenvalue weighted by Crippen LogP contribution is 1.95. The third kappa shape index (κ3) is 3.90. The third-order valence-corrected chi connectivity index (χ3v) is 1.82. The van der Waals surface area contributed by atoms with Gasteiger partial charge in [0.25, 0.3) is 0 Å². The number of alkyl halides is 1. The molecule has 0 spiro atoms. The summed E-state index contributed by atoms with van der Waals surface area (Å²) in [6, 6.07) is 3.85. The van der Waals surface area contributed by atoms with Crippen LogP contribution in [0.5, 0.6) is 0 Å². The minimum absolute atomic E-state index is 0.0209. The summed E-state index contributed by atoms with van der Waals surface area (Å²) in [5.41, 5.74) is 1.11. The lowest BCUT2D eigenvalue weighted by molar-refractivity contribution is -0.118. The Morgan fingerprint density at radius 3 is 3.08 bits per heavy atom. The van der Waals surface area contributed by atoms with Gasteiger partial charge < -0.3 is 5.32 Å². The summed E-state index contributed by atoms with van der Waals surface area (Å²) in [6.07, 6.45) is 4.30. The molecule has 0 fully saturated rings. The lowest BCUT2D eigenvalue weighted by atomic mass is 10.2. The number of aromatic nitrogens is 1. The Bertz CT molecular complexity index is 264. The molecule has 1 aromatic rings. The van der Waals surface area contributed by atoms with Crippen LogP contribution in [0, 0.1) is 0 Å². The summed E-state index contributed by atoms with van der Waals surface area (Å²) in [7, 11) is 0. The highest BCUT2D eigenvalue weighted by Gasteiger charge is 1.96. The van der Waals surface area contributed by atoms with E-state index in [-0.39, 0.29) is 11.8 Å². The molecule has 0 unspecified atom stereocenters. The maximum absolute atomic E-state index is 10.7. The molecule has 0 aliphatic heterocycles. The Hall–Kier alpha value is -1.09. The van der Waals surface area contributed by atoms with Gasteiger partial charge in [0, 0.05) is 18.9 Å². The first-order valence-electron chi connectivity index (χ1n) is 4.04. The van der Waals surface area contributed by atoms with Gasteiger partial charge in [-0.15, -0.1) is 11.6 Å². The molecule has 0 aliphatic rings. The molecule has 0 saturated carbocycles. The van der Waals surface area contributed by atoms with Gasteiger partial charge in [0.1, 0.15) is 5.88 Å². The van der Waals surface area contributed by atoms with Crippen LogP contribution in [-0.2, 0) is 11.2 Å². The van der Waals surface area contributed by atoms with Crippen LogP contribution in [0.3, 0.4) is 0 Å². The number of carbonyl (C=O) groups is 1. The van der Waals surface area contributed by atoms with Crippen molar-refractivity contribution in [2.45, 2.75) is 6.42 Å². The van der Waals surface area contributed by atoms with Crippen molar-refractivity contribution in [3.05, 3.63) is 30.1 Å². The second-order valence-corrected chi connectivity index (χ2v) is 2.86. The summed E-state index contributed by atoms with van der Waals surface area (Å²) >= 11 is 5.31. The highest BCUT2D eigenvalue weighted by molar-refractivity contribution is 6.27. The zero-order valence-electron chi connectivity index (χ0n) is 7.16. The fraction of sp³-hybridized carbons (Fsp3) is 0.333. The molecule has 1 heterocycles. The van der Waals surface area contributed by atoms with E-state index in [1.165, 1.54) is 0 Å². The number of pyridine rings is 1. The summed E-state index contributed by atoms with van der Waals surface area (Å²) < 4.78 is 0. The van der Waals surface area contributed by atoms with Crippen molar-refractivity contribution in [2.24, 2.45) is 0 Å². The average molecular weight is 199 g/mol. The zero-order chi connectivity index (χ0) is 9.52. The molecular formula is C9H11ClN2O. The quantitative estimate of drug-likeness (QED) is 0.733. The topological polar surface area (TPSA) is 42.0 Å². The van der Waals surface area contributed by atoms with Crippen molar-refractivity contribution in [2.75, 3.05) is 12.4 Å². The molecule has 1 N–H and O–H groups in total. The van der Waals surface area contributed by atoms with Gasteiger partial charge in [0.05, 0.1) is 0 Å². The van der Waals surface area contributed by atoms with E-state index in [1.807, 2.05) is 12.1 Å². The minimum atomic E-state index is -0.134. The van der Waals surface area contributed by atoms with Gasteiger partial charge in [0.2, 0.25) is 5.91 Å². The van der Waals surface area contributed by atoms with Gasteiger partial charge in [-0.3, -0.25) is 9.78 Å². The average Bonchev–Trinajstić information content (AvgIpc) is 2.19. The molecule has 13 heavy (non-hydrogen) atoms. The van der Waals surface area contributed by atoms with E-state index >= 15 is 0 Å². The number of carbonyl (C=O) groups excluding carboxylic acids is 1. The number of hydrogen-bond acceptors (Lipinski definition) is 2. The van der Waals surface area contributed by atoms with Crippen molar-refractivity contribution >= 4 is 17.5 Å². The molecule has 1 rings (SSSR count). The van der Waals surface area contributed by atoms with Gasteiger partial charge >= 0.3 is 0 Å². The Balaban J connectivity index is 2.24. The predicted molar refractivity (Wildman–Crippen MR) is 51.7 cm³/mol. The largest absolute Gasteiger partial charge is 0.355 e. The first-order chi connectivity index (χ1) is 6.33. The van der Waals surface area contributed by atoms with E-state index in [1.54, 1.807) is 12.4 Å². The molecule has 3 nitrogen and oxygen atoms in total. The fourth-order valence-electron chi connectivity index (χ4n) is 0.940. The molecule has 70 valence electrons. The van der Waals surface area contributed by atoms with Crippen LogP contribution >= 0.6 is 11.6 Å². The highest BCUT2D eigenvalue weighted by atomic mass is 35.5. The van der Waals surface area contributed by atoms with Crippen LogP contribution < -0.4 is 5.32 Å². The maximum Gasteiger partial charge on any atom is 0.234 e. The molecule has 0 atom stereocenters. The normalized spacial score (nSPS) is 9.62. The molecule has 1 aromatic heterocycles. The van der Waals surface area contributed by atoms with Crippen LogP contribution in [0.25, 0.3) is 0 Å². The number of nitrogens with one attached hydrogen (secondary N) is 1. The van der Waals surface area contributed by atoms with Gasteiger partial charge in [-0.25, -0.2) is 0 Å². The van der Waals surface area contributed by atoms with Gasteiger partial charge in [-0.1, -0.05) is 6.07 Å².